The highest BCUT2D eigenvalue weighted by Crippen LogP contribution is 2.49. The normalized spacial score (nSPS) is 22.5. The Balaban J connectivity index is 1.75. The summed E-state index contributed by atoms with van der Waals surface area (Å²) in [5.41, 5.74) is 0.937. The van der Waals surface area contributed by atoms with Gasteiger partial charge >= 0.3 is 0 Å². The lowest BCUT2D eigenvalue weighted by atomic mass is 9.76. The lowest BCUT2D eigenvalue weighted by molar-refractivity contribution is -0.135. The molecule has 1 saturated heterocycles. The summed E-state index contributed by atoms with van der Waals surface area (Å²) in [7, 11) is 3.62. The number of hydrogen-bond donors (Lipinski definition) is 0. The van der Waals surface area contributed by atoms with Gasteiger partial charge in [0.25, 0.3) is 0 Å². The first kappa shape index (κ1) is 16.0. The third-order valence-electron chi connectivity index (χ3n) is 5.42. The van der Waals surface area contributed by atoms with Crippen LogP contribution < -0.4 is 0 Å². The lowest BCUT2D eigenvalue weighted by Gasteiger charge is -2.30. The summed E-state index contributed by atoms with van der Waals surface area (Å²) in [5.74, 6) is 0.236. The van der Waals surface area contributed by atoms with Crippen molar-refractivity contribution in [3.63, 3.8) is 0 Å². The van der Waals surface area contributed by atoms with Crippen LogP contribution in [0.3, 0.4) is 0 Å². The van der Waals surface area contributed by atoms with Crippen molar-refractivity contribution in [3.05, 3.63) is 30.1 Å². The first-order valence-electron chi connectivity index (χ1n) is 8.40. The van der Waals surface area contributed by atoms with E-state index < -0.39 is 0 Å². The fourth-order valence-electron chi connectivity index (χ4n) is 4.19. The van der Waals surface area contributed by atoms with Gasteiger partial charge in [0.2, 0.25) is 11.8 Å². The van der Waals surface area contributed by atoms with Crippen molar-refractivity contribution in [1.29, 1.82) is 0 Å². The summed E-state index contributed by atoms with van der Waals surface area (Å²) in [6.07, 6.45) is 8.28. The molecule has 1 aliphatic carbocycles. The van der Waals surface area contributed by atoms with Gasteiger partial charge in [0.15, 0.2) is 0 Å². The predicted octanol–water partition coefficient (Wildman–Crippen LogP) is 1.73. The van der Waals surface area contributed by atoms with Gasteiger partial charge in [0.05, 0.1) is 12.3 Å². The first-order chi connectivity index (χ1) is 11.0. The molecule has 1 aromatic heterocycles. The molecule has 2 amide bonds. The highest BCUT2D eigenvalue weighted by molar-refractivity contribution is 5.83. The van der Waals surface area contributed by atoms with Crippen LogP contribution in [0.4, 0.5) is 0 Å². The monoisotopic (exact) mass is 315 g/mol. The molecule has 0 aromatic carbocycles. The second-order valence-electron chi connectivity index (χ2n) is 7.17. The molecule has 3 rings (SSSR count). The molecule has 5 nitrogen and oxygen atoms in total. The van der Waals surface area contributed by atoms with E-state index in [0.717, 1.165) is 24.9 Å². The average molecular weight is 315 g/mol. The van der Waals surface area contributed by atoms with E-state index in [1.54, 1.807) is 17.3 Å². The molecule has 1 aromatic rings. The minimum absolute atomic E-state index is 0.00590. The molecule has 2 aliphatic rings. The summed E-state index contributed by atoms with van der Waals surface area (Å²) in [5, 5.41) is 0. The molecule has 1 aliphatic heterocycles. The molecular weight excluding hydrogens is 290 g/mol. The van der Waals surface area contributed by atoms with Gasteiger partial charge < -0.3 is 9.80 Å². The standard InChI is InChI=1S/C18H25N3O2/c1-20(2)17(23)15-12-21(13-18(15)7-3-4-8-18)16(22)10-14-6-5-9-19-11-14/h5-6,9,11,15H,3-4,7-8,10,12-13H2,1-2H3. The summed E-state index contributed by atoms with van der Waals surface area (Å²) >= 11 is 0. The van der Waals surface area contributed by atoms with E-state index >= 15 is 0 Å². The topological polar surface area (TPSA) is 53.5 Å². The Morgan fingerprint density at radius 1 is 1.35 bits per heavy atom. The smallest absolute Gasteiger partial charge is 0.227 e. The average Bonchev–Trinajstić information content (AvgIpc) is 3.16. The molecule has 2 fully saturated rings. The van der Waals surface area contributed by atoms with Crippen LogP contribution in [0.2, 0.25) is 0 Å². The fraction of sp³-hybridized carbons (Fsp3) is 0.611. The summed E-state index contributed by atoms with van der Waals surface area (Å²) in [6, 6.07) is 3.78. The number of nitrogens with zero attached hydrogens (tertiary/aromatic N) is 3. The van der Waals surface area contributed by atoms with Crippen molar-refractivity contribution in [2.45, 2.75) is 32.1 Å². The molecule has 2 heterocycles. The van der Waals surface area contributed by atoms with E-state index in [-0.39, 0.29) is 23.1 Å². The van der Waals surface area contributed by atoms with Crippen LogP contribution in [-0.2, 0) is 16.0 Å². The third kappa shape index (κ3) is 3.09. The number of pyridine rings is 1. The molecule has 23 heavy (non-hydrogen) atoms. The number of likely N-dealkylation sites (tertiary alicyclic amines) is 1. The second-order valence-corrected chi connectivity index (χ2v) is 7.17. The number of amides is 2. The maximum absolute atomic E-state index is 12.7. The van der Waals surface area contributed by atoms with Crippen LogP contribution in [0.5, 0.6) is 0 Å². The number of rotatable bonds is 3. The molecule has 0 radical (unpaired) electrons. The molecular formula is C18H25N3O2. The van der Waals surface area contributed by atoms with Gasteiger partial charge in [-0.05, 0) is 24.5 Å². The molecule has 5 heteroatoms. The van der Waals surface area contributed by atoms with Crippen molar-refractivity contribution >= 4 is 11.8 Å². The van der Waals surface area contributed by atoms with Gasteiger partial charge in [-0.15, -0.1) is 0 Å². The van der Waals surface area contributed by atoms with E-state index in [1.165, 1.54) is 12.8 Å². The molecule has 124 valence electrons. The van der Waals surface area contributed by atoms with Crippen LogP contribution in [0, 0.1) is 11.3 Å². The number of hydrogen-bond acceptors (Lipinski definition) is 3. The van der Waals surface area contributed by atoms with Gasteiger partial charge in [0.1, 0.15) is 0 Å². The lowest BCUT2D eigenvalue weighted by Crippen LogP contribution is -2.39. The van der Waals surface area contributed by atoms with Crippen molar-refractivity contribution in [1.82, 2.24) is 14.8 Å². The van der Waals surface area contributed by atoms with Gasteiger partial charge in [0, 0.05) is 45.0 Å². The Morgan fingerprint density at radius 3 is 2.70 bits per heavy atom. The molecule has 1 unspecified atom stereocenters. The minimum atomic E-state index is -0.0437. The third-order valence-corrected chi connectivity index (χ3v) is 5.42. The maximum atomic E-state index is 12.7. The molecule has 1 spiro atoms. The Hall–Kier alpha value is -1.91. The van der Waals surface area contributed by atoms with Crippen LogP contribution in [0.25, 0.3) is 0 Å². The Morgan fingerprint density at radius 2 is 2.09 bits per heavy atom. The summed E-state index contributed by atoms with van der Waals surface area (Å²) in [4.78, 5) is 32.9. The quantitative estimate of drug-likeness (QED) is 0.853. The highest BCUT2D eigenvalue weighted by atomic mass is 16.2. The van der Waals surface area contributed by atoms with Gasteiger partial charge in [-0.3, -0.25) is 14.6 Å². The van der Waals surface area contributed by atoms with Gasteiger partial charge in [-0.25, -0.2) is 0 Å². The van der Waals surface area contributed by atoms with E-state index in [0.29, 0.717) is 13.0 Å². The Labute approximate surface area is 137 Å². The van der Waals surface area contributed by atoms with Crippen molar-refractivity contribution in [2.24, 2.45) is 11.3 Å². The van der Waals surface area contributed by atoms with Crippen molar-refractivity contribution in [2.75, 3.05) is 27.2 Å². The predicted molar refractivity (Wildman–Crippen MR) is 87.6 cm³/mol. The Bertz CT molecular complexity index is 579. The van der Waals surface area contributed by atoms with E-state index in [9.17, 15) is 9.59 Å². The van der Waals surface area contributed by atoms with E-state index in [1.807, 2.05) is 31.1 Å². The van der Waals surface area contributed by atoms with E-state index in [2.05, 4.69) is 4.98 Å². The zero-order valence-corrected chi connectivity index (χ0v) is 14.0. The minimum Gasteiger partial charge on any atom is -0.349 e. The SMILES string of the molecule is CN(C)C(=O)C1CN(C(=O)Cc2cccnc2)CC12CCCC2. The van der Waals surface area contributed by atoms with Gasteiger partial charge in [-0.1, -0.05) is 18.9 Å². The molecule has 1 atom stereocenters. The van der Waals surface area contributed by atoms with Crippen LogP contribution >= 0.6 is 0 Å². The fourth-order valence-corrected chi connectivity index (χ4v) is 4.19. The summed E-state index contributed by atoms with van der Waals surface area (Å²) < 4.78 is 0. The first-order valence-corrected chi connectivity index (χ1v) is 8.40. The molecule has 0 N–H and O–H groups in total. The van der Waals surface area contributed by atoms with Crippen LogP contribution in [-0.4, -0.2) is 53.8 Å². The maximum Gasteiger partial charge on any atom is 0.227 e. The zero-order chi connectivity index (χ0) is 16.4. The highest BCUT2D eigenvalue weighted by Gasteiger charge is 2.52. The van der Waals surface area contributed by atoms with Crippen LogP contribution in [0.1, 0.15) is 31.2 Å². The largest absolute Gasteiger partial charge is 0.349 e. The number of aromatic nitrogens is 1. The van der Waals surface area contributed by atoms with Crippen molar-refractivity contribution < 1.29 is 9.59 Å². The van der Waals surface area contributed by atoms with Crippen LogP contribution in [0.15, 0.2) is 24.5 Å². The number of carbonyl (C=O) groups is 2. The second kappa shape index (κ2) is 6.30. The molecule has 0 bridgehead atoms. The zero-order valence-electron chi connectivity index (χ0n) is 14.0. The molecule has 1 saturated carbocycles. The van der Waals surface area contributed by atoms with E-state index in [4.69, 9.17) is 0 Å². The summed E-state index contributed by atoms with van der Waals surface area (Å²) in [6.45, 7) is 1.30. The van der Waals surface area contributed by atoms with Crippen molar-refractivity contribution in [3.8, 4) is 0 Å². The Kier molecular flexibility index (Phi) is 4.37. The number of carbonyl (C=O) groups excluding carboxylic acids is 2. The van der Waals surface area contributed by atoms with Gasteiger partial charge in [-0.2, -0.15) is 0 Å².